The standard InChI is InChI=1S/C8H7NO4/c10-3-5-1-2-6(13-5)8-9-7(11)4-12-8/h1-3,7,11H,4H2. The van der Waals surface area contributed by atoms with Crippen molar-refractivity contribution in [3.8, 4) is 0 Å². The van der Waals surface area contributed by atoms with Crippen molar-refractivity contribution >= 4 is 12.2 Å². The van der Waals surface area contributed by atoms with Gasteiger partial charge in [-0.2, -0.15) is 0 Å². The SMILES string of the molecule is O=Cc1ccc(C2=NC(O)CO2)o1. The molecule has 1 aromatic heterocycles. The number of aliphatic hydroxyl groups is 1. The molecule has 2 rings (SSSR count). The Kier molecular flexibility index (Phi) is 1.86. The highest BCUT2D eigenvalue weighted by molar-refractivity contribution is 5.93. The Morgan fingerprint density at radius 3 is 3.00 bits per heavy atom. The molecule has 0 aromatic carbocycles. The maximum absolute atomic E-state index is 10.3. The highest BCUT2D eigenvalue weighted by Crippen LogP contribution is 2.12. The number of nitrogens with zero attached hydrogens (tertiary/aromatic N) is 1. The molecule has 0 spiro atoms. The van der Waals surface area contributed by atoms with Crippen LogP contribution in [0.2, 0.25) is 0 Å². The van der Waals surface area contributed by atoms with Gasteiger partial charge < -0.3 is 14.3 Å². The number of ether oxygens (including phenoxy) is 1. The van der Waals surface area contributed by atoms with Crippen LogP contribution in [0.4, 0.5) is 0 Å². The van der Waals surface area contributed by atoms with Gasteiger partial charge in [-0.05, 0) is 12.1 Å². The number of aliphatic hydroxyl groups excluding tert-OH is 1. The van der Waals surface area contributed by atoms with Crippen molar-refractivity contribution in [2.45, 2.75) is 6.23 Å². The van der Waals surface area contributed by atoms with Crippen LogP contribution in [0.1, 0.15) is 16.3 Å². The van der Waals surface area contributed by atoms with Crippen LogP contribution < -0.4 is 0 Å². The molecule has 1 aliphatic rings. The molecule has 0 aliphatic carbocycles. The van der Waals surface area contributed by atoms with E-state index in [1.54, 1.807) is 6.07 Å². The summed E-state index contributed by atoms with van der Waals surface area (Å²) in [4.78, 5) is 14.0. The minimum absolute atomic E-state index is 0.131. The molecule has 0 saturated carbocycles. The van der Waals surface area contributed by atoms with Crippen LogP contribution in [0.3, 0.4) is 0 Å². The summed E-state index contributed by atoms with van der Waals surface area (Å²) in [5, 5.41) is 9.00. The van der Waals surface area contributed by atoms with E-state index in [9.17, 15) is 4.79 Å². The van der Waals surface area contributed by atoms with Crippen molar-refractivity contribution in [3.63, 3.8) is 0 Å². The second-order valence-electron chi connectivity index (χ2n) is 2.55. The van der Waals surface area contributed by atoms with Gasteiger partial charge in [0.15, 0.2) is 24.0 Å². The summed E-state index contributed by atoms with van der Waals surface area (Å²) >= 11 is 0. The molecule has 1 atom stereocenters. The van der Waals surface area contributed by atoms with E-state index in [4.69, 9.17) is 14.3 Å². The third-order valence-corrected chi connectivity index (χ3v) is 1.59. The zero-order chi connectivity index (χ0) is 9.26. The van der Waals surface area contributed by atoms with Gasteiger partial charge >= 0.3 is 0 Å². The Bertz CT molecular complexity index is 355. The molecule has 1 unspecified atom stereocenters. The molecular formula is C8H7NO4. The van der Waals surface area contributed by atoms with E-state index < -0.39 is 6.23 Å². The van der Waals surface area contributed by atoms with E-state index in [1.165, 1.54) is 6.07 Å². The molecule has 5 heteroatoms. The third kappa shape index (κ3) is 1.46. The molecule has 5 nitrogen and oxygen atoms in total. The summed E-state index contributed by atoms with van der Waals surface area (Å²) in [5.74, 6) is 0.807. The highest BCUT2D eigenvalue weighted by atomic mass is 16.5. The van der Waals surface area contributed by atoms with Gasteiger partial charge in [-0.3, -0.25) is 4.79 Å². The predicted molar refractivity (Wildman–Crippen MR) is 42.6 cm³/mol. The number of furan rings is 1. The van der Waals surface area contributed by atoms with Crippen molar-refractivity contribution in [2.75, 3.05) is 6.61 Å². The zero-order valence-electron chi connectivity index (χ0n) is 6.64. The fourth-order valence-electron chi connectivity index (χ4n) is 1.03. The van der Waals surface area contributed by atoms with Crippen molar-refractivity contribution in [2.24, 2.45) is 4.99 Å². The lowest BCUT2D eigenvalue weighted by molar-refractivity contribution is 0.109. The van der Waals surface area contributed by atoms with Gasteiger partial charge in [0.05, 0.1) is 0 Å². The Labute approximate surface area is 73.6 Å². The number of carbonyl (C=O) groups is 1. The third-order valence-electron chi connectivity index (χ3n) is 1.59. The lowest BCUT2D eigenvalue weighted by Gasteiger charge is -1.94. The molecule has 0 radical (unpaired) electrons. The number of carbonyl (C=O) groups excluding carboxylic acids is 1. The summed E-state index contributed by atoms with van der Waals surface area (Å²) in [6.45, 7) is 0.131. The first kappa shape index (κ1) is 8.00. The number of aldehydes is 1. The normalized spacial score (nSPS) is 21.0. The van der Waals surface area contributed by atoms with E-state index in [1.807, 2.05) is 0 Å². The second kappa shape index (κ2) is 3.02. The summed E-state index contributed by atoms with van der Waals surface area (Å²) in [7, 11) is 0. The summed E-state index contributed by atoms with van der Waals surface area (Å²) in [6, 6.07) is 3.08. The van der Waals surface area contributed by atoms with Gasteiger partial charge in [-0.15, -0.1) is 0 Å². The number of aliphatic imine (C=N–C) groups is 1. The molecule has 0 amide bonds. The van der Waals surface area contributed by atoms with Crippen molar-refractivity contribution in [3.05, 3.63) is 23.7 Å². The average Bonchev–Trinajstić information content (AvgIpc) is 2.71. The first-order valence-electron chi connectivity index (χ1n) is 3.73. The van der Waals surface area contributed by atoms with E-state index in [2.05, 4.69) is 4.99 Å². The molecule has 2 heterocycles. The van der Waals surface area contributed by atoms with Crippen molar-refractivity contribution < 1.29 is 19.1 Å². The molecule has 13 heavy (non-hydrogen) atoms. The molecule has 0 fully saturated rings. The van der Waals surface area contributed by atoms with Crippen LogP contribution in [0, 0.1) is 0 Å². The van der Waals surface area contributed by atoms with E-state index in [0.717, 1.165) is 0 Å². The van der Waals surface area contributed by atoms with E-state index in [-0.39, 0.29) is 18.3 Å². The van der Waals surface area contributed by atoms with E-state index >= 15 is 0 Å². The minimum Gasteiger partial charge on any atom is -0.470 e. The quantitative estimate of drug-likeness (QED) is 0.661. The number of hydrogen-bond donors (Lipinski definition) is 1. The number of hydrogen-bond acceptors (Lipinski definition) is 5. The number of rotatable bonds is 2. The molecule has 1 N–H and O–H groups in total. The second-order valence-corrected chi connectivity index (χ2v) is 2.55. The maximum Gasteiger partial charge on any atom is 0.255 e. The monoisotopic (exact) mass is 181 g/mol. The highest BCUT2D eigenvalue weighted by Gasteiger charge is 2.20. The molecule has 68 valence electrons. The average molecular weight is 181 g/mol. The molecule has 1 aromatic rings. The Morgan fingerprint density at radius 2 is 2.46 bits per heavy atom. The molecular weight excluding hydrogens is 174 g/mol. The fraction of sp³-hybridized carbons (Fsp3) is 0.250. The summed E-state index contributed by atoms with van der Waals surface area (Å²) < 4.78 is 10.0. The van der Waals surface area contributed by atoms with Crippen LogP contribution in [-0.2, 0) is 4.74 Å². The molecule has 0 bridgehead atoms. The van der Waals surface area contributed by atoms with Gasteiger partial charge in [-0.25, -0.2) is 4.99 Å². The Balaban J connectivity index is 2.25. The van der Waals surface area contributed by atoms with Gasteiger partial charge in [-0.1, -0.05) is 0 Å². The largest absolute Gasteiger partial charge is 0.470 e. The van der Waals surface area contributed by atoms with Crippen LogP contribution in [0.5, 0.6) is 0 Å². The van der Waals surface area contributed by atoms with Crippen LogP contribution in [0.15, 0.2) is 21.5 Å². The minimum atomic E-state index is -0.834. The lowest BCUT2D eigenvalue weighted by Crippen LogP contribution is -2.03. The first-order valence-corrected chi connectivity index (χ1v) is 3.73. The fourth-order valence-corrected chi connectivity index (χ4v) is 1.03. The van der Waals surface area contributed by atoms with Gasteiger partial charge in [0.1, 0.15) is 6.61 Å². The van der Waals surface area contributed by atoms with E-state index in [0.29, 0.717) is 12.0 Å². The smallest absolute Gasteiger partial charge is 0.255 e. The van der Waals surface area contributed by atoms with Crippen LogP contribution in [0.25, 0.3) is 0 Å². The Morgan fingerprint density at radius 1 is 1.62 bits per heavy atom. The maximum atomic E-state index is 10.3. The lowest BCUT2D eigenvalue weighted by atomic mass is 10.4. The van der Waals surface area contributed by atoms with Crippen LogP contribution in [-0.4, -0.2) is 30.1 Å². The topological polar surface area (TPSA) is 72.0 Å². The molecule has 0 saturated heterocycles. The van der Waals surface area contributed by atoms with Crippen molar-refractivity contribution in [1.82, 2.24) is 0 Å². The summed E-state index contributed by atoms with van der Waals surface area (Å²) in [5.41, 5.74) is 0. The van der Waals surface area contributed by atoms with Gasteiger partial charge in [0, 0.05) is 0 Å². The molecule has 1 aliphatic heterocycles. The van der Waals surface area contributed by atoms with Gasteiger partial charge in [0.25, 0.3) is 5.90 Å². The van der Waals surface area contributed by atoms with Crippen molar-refractivity contribution in [1.29, 1.82) is 0 Å². The Hall–Kier alpha value is -1.62. The van der Waals surface area contributed by atoms with Gasteiger partial charge in [0.2, 0.25) is 0 Å². The zero-order valence-corrected chi connectivity index (χ0v) is 6.64. The summed E-state index contributed by atoms with van der Waals surface area (Å²) in [6.07, 6.45) is -0.241. The predicted octanol–water partition coefficient (Wildman–Crippen LogP) is 0.187. The first-order chi connectivity index (χ1) is 6.29. The van der Waals surface area contributed by atoms with Crippen LogP contribution >= 0.6 is 0 Å².